The summed E-state index contributed by atoms with van der Waals surface area (Å²) >= 11 is 5.22. The van der Waals surface area contributed by atoms with Gasteiger partial charge in [-0.05, 0) is 25.5 Å². The van der Waals surface area contributed by atoms with Crippen molar-refractivity contribution in [2.75, 3.05) is 26.7 Å². The Kier molecular flexibility index (Phi) is 5.31. The molecule has 1 aromatic rings. The monoisotopic (exact) mass is 278 g/mol. The fraction of sp³-hybridized carbons (Fsp3) is 0.533. The number of rotatable bonds is 6. The molecule has 1 aliphatic heterocycles. The van der Waals surface area contributed by atoms with Gasteiger partial charge in [0.2, 0.25) is 0 Å². The number of nitrogens with two attached hydrogens (primary N) is 1. The van der Waals surface area contributed by atoms with Gasteiger partial charge in [0.15, 0.2) is 0 Å². The zero-order chi connectivity index (χ0) is 13.7. The van der Waals surface area contributed by atoms with E-state index < -0.39 is 0 Å². The molecule has 0 amide bonds. The summed E-state index contributed by atoms with van der Waals surface area (Å²) in [6.45, 7) is 2.70. The van der Waals surface area contributed by atoms with E-state index in [1.54, 1.807) is 0 Å². The maximum atomic E-state index is 5.90. The molecule has 104 valence electrons. The largest absolute Gasteiger partial charge is 0.393 e. The van der Waals surface area contributed by atoms with Crippen molar-refractivity contribution in [1.29, 1.82) is 0 Å². The van der Waals surface area contributed by atoms with Gasteiger partial charge in [-0.3, -0.25) is 0 Å². The maximum Gasteiger partial charge on any atom is 0.0816 e. The van der Waals surface area contributed by atoms with Crippen molar-refractivity contribution < 1.29 is 4.74 Å². The van der Waals surface area contributed by atoms with Crippen molar-refractivity contribution in [3.63, 3.8) is 0 Å². The Balaban J connectivity index is 1.94. The van der Waals surface area contributed by atoms with Gasteiger partial charge >= 0.3 is 0 Å². The predicted molar refractivity (Wildman–Crippen MR) is 82.4 cm³/mol. The second-order valence-corrected chi connectivity index (χ2v) is 5.69. The molecule has 0 aliphatic carbocycles. The van der Waals surface area contributed by atoms with E-state index in [9.17, 15) is 0 Å². The molecule has 0 spiro atoms. The minimum Gasteiger partial charge on any atom is -0.393 e. The Bertz CT molecular complexity index is 404. The van der Waals surface area contributed by atoms with E-state index in [4.69, 9.17) is 22.7 Å². The molecule has 0 radical (unpaired) electrons. The molecule has 2 unspecified atom stereocenters. The lowest BCUT2D eigenvalue weighted by Gasteiger charge is -2.25. The molecule has 3 nitrogen and oxygen atoms in total. The summed E-state index contributed by atoms with van der Waals surface area (Å²) in [6, 6.07) is 10.2. The van der Waals surface area contributed by atoms with Gasteiger partial charge in [0.25, 0.3) is 0 Å². The first-order valence-electron chi connectivity index (χ1n) is 6.81. The summed E-state index contributed by atoms with van der Waals surface area (Å²) in [7, 11) is 2.11. The van der Waals surface area contributed by atoms with Crippen LogP contribution in [0, 0.1) is 0 Å². The van der Waals surface area contributed by atoms with Gasteiger partial charge in [-0.2, -0.15) is 0 Å². The Labute approximate surface area is 120 Å². The number of ether oxygens (including phenoxy) is 1. The molecule has 1 fully saturated rings. The van der Waals surface area contributed by atoms with Crippen molar-refractivity contribution >= 4 is 17.2 Å². The Morgan fingerprint density at radius 3 is 2.79 bits per heavy atom. The Morgan fingerprint density at radius 2 is 2.21 bits per heavy atom. The summed E-state index contributed by atoms with van der Waals surface area (Å²) in [5.41, 5.74) is 7.09. The predicted octanol–water partition coefficient (Wildman–Crippen LogP) is 2.17. The van der Waals surface area contributed by atoms with E-state index in [1.165, 1.54) is 12.0 Å². The van der Waals surface area contributed by atoms with Gasteiger partial charge in [-0.1, -0.05) is 42.5 Å². The van der Waals surface area contributed by atoms with Crippen LogP contribution >= 0.6 is 12.2 Å². The van der Waals surface area contributed by atoms with Crippen LogP contribution in [0.25, 0.3) is 0 Å². The highest BCUT2D eigenvalue weighted by Crippen LogP contribution is 2.19. The van der Waals surface area contributed by atoms with Gasteiger partial charge in [0.05, 0.1) is 11.1 Å². The molecule has 2 atom stereocenters. The summed E-state index contributed by atoms with van der Waals surface area (Å²) in [5, 5.41) is 0. The number of thiocarbonyl (C=S) groups is 1. The van der Waals surface area contributed by atoms with Gasteiger partial charge in [-0.15, -0.1) is 0 Å². The normalized spacial score (nSPS) is 20.6. The van der Waals surface area contributed by atoms with E-state index in [0.29, 0.717) is 11.1 Å². The van der Waals surface area contributed by atoms with Crippen LogP contribution in [0.1, 0.15) is 24.3 Å². The third-order valence-electron chi connectivity index (χ3n) is 3.58. The fourth-order valence-electron chi connectivity index (χ4n) is 2.57. The highest BCUT2D eigenvalue weighted by Gasteiger charge is 2.21. The SMILES string of the molecule is CN(CC1CCCO1)CC(C(N)=S)c1ccccc1. The molecular formula is C15H22N2OS. The zero-order valence-corrected chi connectivity index (χ0v) is 12.2. The lowest BCUT2D eigenvalue weighted by molar-refractivity contribution is 0.0810. The molecule has 0 aromatic heterocycles. The minimum atomic E-state index is 0.114. The van der Waals surface area contributed by atoms with Crippen LogP contribution in [0.15, 0.2) is 30.3 Å². The van der Waals surface area contributed by atoms with E-state index in [1.807, 2.05) is 18.2 Å². The highest BCUT2D eigenvalue weighted by atomic mass is 32.1. The van der Waals surface area contributed by atoms with Crippen LogP contribution in [-0.4, -0.2) is 42.7 Å². The molecule has 4 heteroatoms. The van der Waals surface area contributed by atoms with Crippen LogP contribution in [0.5, 0.6) is 0 Å². The summed E-state index contributed by atoms with van der Waals surface area (Å²) in [6.07, 6.45) is 2.70. The molecule has 1 aliphatic rings. The molecule has 0 bridgehead atoms. The molecule has 0 saturated carbocycles. The standard InChI is InChI=1S/C15H22N2OS/c1-17(10-13-8-5-9-18-13)11-14(15(16)19)12-6-3-2-4-7-12/h2-4,6-7,13-14H,5,8-11H2,1H3,(H2,16,19). The van der Waals surface area contributed by atoms with Crippen molar-refractivity contribution in [2.45, 2.75) is 24.9 Å². The maximum absolute atomic E-state index is 5.90. The molecular weight excluding hydrogens is 256 g/mol. The second-order valence-electron chi connectivity index (χ2n) is 5.22. The van der Waals surface area contributed by atoms with Gasteiger partial charge in [0, 0.05) is 25.6 Å². The summed E-state index contributed by atoms with van der Waals surface area (Å²) < 4.78 is 5.67. The van der Waals surface area contributed by atoms with E-state index in [-0.39, 0.29) is 5.92 Å². The van der Waals surface area contributed by atoms with Crippen LogP contribution in [0.3, 0.4) is 0 Å². The number of likely N-dealkylation sites (N-methyl/N-ethyl adjacent to an activating group) is 1. The van der Waals surface area contributed by atoms with E-state index in [0.717, 1.165) is 26.1 Å². The zero-order valence-electron chi connectivity index (χ0n) is 11.4. The topological polar surface area (TPSA) is 38.5 Å². The van der Waals surface area contributed by atoms with Crippen molar-refractivity contribution in [2.24, 2.45) is 5.73 Å². The number of hydrogen-bond donors (Lipinski definition) is 1. The summed E-state index contributed by atoms with van der Waals surface area (Å²) in [4.78, 5) is 2.83. The fourth-order valence-corrected chi connectivity index (χ4v) is 2.78. The second kappa shape index (κ2) is 6.98. The quantitative estimate of drug-likeness (QED) is 0.809. The average molecular weight is 278 g/mol. The van der Waals surface area contributed by atoms with Crippen LogP contribution in [0.4, 0.5) is 0 Å². The third-order valence-corrected chi connectivity index (χ3v) is 3.86. The first-order valence-corrected chi connectivity index (χ1v) is 7.22. The van der Waals surface area contributed by atoms with Gasteiger partial charge < -0.3 is 15.4 Å². The minimum absolute atomic E-state index is 0.114. The van der Waals surface area contributed by atoms with Gasteiger partial charge in [0.1, 0.15) is 0 Å². The molecule has 1 aromatic carbocycles. The lowest BCUT2D eigenvalue weighted by Crippen LogP contribution is -2.36. The molecule has 1 heterocycles. The Morgan fingerprint density at radius 1 is 1.47 bits per heavy atom. The summed E-state index contributed by atoms with van der Waals surface area (Å²) in [5.74, 6) is 0.114. The molecule has 2 N–H and O–H groups in total. The molecule has 19 heavy (non-hydrogen) atoms. The highest BCUT2D eigenvalue weighted by molar-refractivity contribution is 7.80. The van der Waals surface area contributed by atoms with Crippen LogP contribution < -0.4 is 5.73 Å². The lowest BCUT2D eigenvalue weighted by atomic mass is 9.98. The van der Waals surface area contributed by atoms with Crippen molar-refractivity contribution in [3.8, 4) is 0 Å². The van der Waals surface area contributed by atoms with Crippen LogP contribution in [-0.2, 0) is 4.74 Å². The third kappa shape index (κ3) is 4.27. The molecule has 1 saturated heterocycles. The average Bonchev–Trinajstić information content (AvgIpc) is 2.89. The number of hydrogen-bond acceptors (Lipinski definition) is 3. The smallest absolute Gasteiger partial charge is 0.0816 e. The molecule has 2 rings (SSSR count). The number of nitrogens with zero attached hydrogens (tertiary/aromatic N) is 1. The van der Waals surface area contributed by atoms with Crippen LogP contribution in [0.2, 0.25) is 0 Å². The van der Waals surface area contributed by atoms with Crippen molar-refractivity contribution in [3.05, 3.63) is 35.9 Å². The van der Waals surface area contributed by atoms with Gasteiger partial charge in [-0.25, -0.2) is 0 Å². The number of benzene rings is 1. The van der Waals surface area contributed by atoms with E-state index in [2.05, 4.69) is 24.1 Å². The first-order chi connectivity index (χ1) is 9.16. The Hall–Kier alpha value is -0.970. The van der Waals surface area contributed by atoms with E-state index >= 15 is 0 Å². The van der Waals surface area contributed by atoms with Crippen molar-refractivity contribution in [1.82, 2.24) is 4.90 Å². The first kappa shape index (κ1) is 14.4.